The smallest absolute Gasteiger partial charge is 0.323 e. The minimum Gasteiger partial charge on any atom is -0.495 e. The molecule has 4 rings (SSSR count). The molecule has 2 aliphatic rings. The van der Waals surface area contributed by atoms with E-state index in [-0.39, 0.29) is 18.2 Å². The third kappa shape index (κ3) is 3.07. The molecule has 0 aromatic heterocycles. The summed E-state index contributed by atoms with van der Waals surface area (Å²) in [4.78, 5) is 14.6. The van der Waals surface area contributed by atoms with Crippen LogP contribution in [0.25, 0.3) is 0 Å². The van der Waals surface area contributed by atoms with Crippen molar-refractivity contribution in [2.45, 2.75) is 5.37 Å². The van der Waals surface area contributed by atoms with E-state index in [1.165, 1.54) is 0 Å². The third-order valence-electron chi connectivity index (χ3n) is 4.18. The highest BCUT2D eigenvalue weighted by Crippen LogP contribution is 2.42. The van der Waals surface area contributed by atoms with Gasteiger partial charge in [0.05, 0.1) is 12.8 Å². The number of nitrogens with one attached hydrogen (secondary N) is 1. The van der Waals surface area contributed by atoms with E-state index >= 15 is 0 Å². The molecule has 0 bridgehead atoms. The number of ether oxygens (including phenoxy) is 3. The van der Waals surface area contributed by atoms with Gasteiger partial charge in [-0.2, -0.15) is 0 Å². The summed E-state index contributed by atoms with van der Waals surface area (Å²) in [5, 5.41) is 2.90. The van der Waals surface area contributed by atoms with Crippen LogP contribution in [0.5, 0.6) is 17.2 Å². The highest BCUT2D eigenvalue weighted by atomic mass is 32.2. The molecule has 25 heavy (non-hydrogen) atoms. The number of para-hydroxylation sites is 2. The summed E-state index contributed by atoms with van der Waals surface area (Å²) in [5.74, 6) is 3.01. The van der Waals surface area contributed by atoms with Crippen molar-refractivity contribution in [3.8, 4) is 17.2 Å². The van der Waals surface area contributed by atoms with Gasteiger partial charge >= 0.3 is 6.03 Å². The molecule has 1 atom stereocenters. The summed E-state index contributed by atoms with van der Waals surface area (Å²) in [6.45, 7) is 0.930. The molecule has 0 radical (unpaired) electrons. The van der Waals surface area contributed by atoms with Gasteiger partial charge in [0.15, 0.2) is 11.5 Å². The average Bonchev–Trinajstić information content (AvgIpc) is 3.30. The van der Waals surface area contributed by atoms with Crippen LogP contribution in [0.2, 0.25) is 0 Å². The van der Waals surface area contributed by atoms with E-state index < -0.39 is 0 Å². The van der Waals surface area contributed by atoms with Gasteiger partial charge in [0.2, 0.25) is 6.79 Å². The van der Waals surface area contributed by atoms with Gasteiger partial charge in [0.25, 0.3) is 0 Å². The summed E-state index contributed by atoms with van der Waals surface area (Å²) in [6.07, 6.45) is 0. The molecule has 2 aliphatic heterocycles. The molecular weight excluding hydrogens is 340 g/mol. The molecule has 1 saturated heterocycles. The van der Waals surface area contributed by atoms with Crippen molar-refractivity contribution in [1.29, 1.82) is 0 Å². The number of carbonyl (C=O) groups is 1. The van der Waals surface area contributed by atoms with Crippen LogP contribution in [0.1, 0.15) is 10.9 Å². The highest BCUT2D eigenvalue weighted by Gasteiger charge is 2.32. The summed E-state index contributed by atoms with van der Waals surface area (Å²) >= 11 is 1.74. The second kappa shape index (κ2) is 6.76. The molecular formula is C18H18N2O4S. The van der Waals surface area contributed by atoms with E-state index in [2.05, 4.69) is 5.32 Å². The van der Waals surface area contributed by atoms with Gasteiger partial charge < -0.3 is 24.4 Å². The second-order valence-corrected chi connectivity index (χ2v) is 6.85. The fraction of sp³-hybridized carbons (Fsp3) is 0.278. The Morgan fingerprint density at radius 3 is 2.96 bits per heavy atom. The standard InChI is InChI=1S/C18H18N2O4S/c1-22-14-5-3-2-4-13(14)19-18(21)20-8-9-25-17(20)12-6-7-15-16(10-12)24-11-23-15/h2-7,10,17H,8-9,11H2,1H3,(H,19,21)/t17-/m0/s1. The van der Waals surface area contributed by atoms with Crippen LogP contribution < -0.4 is 19.5 Å². The van der Waals surface area contributed by atoms with Crippen molar-refractivity contribution >= 4 is 23.5 Å². The van der Waals surface area contributed by atoms with Gasteiger partial charge in [-0.25, -0.2) is 4.79 Å². The number of carbonyl (C=O) groups excluding carboxylic acids is 1. The Labute approximate surface area is 150 Å². The number of amides is 2. The topological polar surface area (TPSA) is 60.0 Å². The maximum absolute atomic E-state index is 12.8. The number of nitrogens with zero attached hydrogens (tertiary/aromatic N) is 1. The molecule has 2 aromatic carbocycles. The van der Waals surface area contributed by atoms with Gasteiger partial charge in [-0.15, -0.1) is 11.8 Å². The van der Waals surface area contributed by atoms with Crippen LogP contribution in [0.15, 0.2) is 42.5 Å². The molecule has 1 N–H and O–H groups in total. The van der Waals surface area contributed by atoms with Gasteiger partial charge in [0, 0.05) is 12.3 Å². The van der Waals surface area contributed by atoms with E-state index in [0.717, 1.165) is 22.8 Å². The second-order valence-electron chi connectivity index (χ2n) is 5.66. The van der Waals surface area contributed by atoms with Crippen molar-refractivity contribution < 1.29 is 19.0 Å². The Morgan fingerprint density at radius 1 is 1.24 bits per heavy atom. The number of hydrogen-bond donors (Lipinski definition) is 1. The number of hydrogen-bond acceptors (Lipinski definition) is 5. The number of thioether (sulfide) groups is 1. The van der Waals surface area contributed by atoms with E-state index in [1.54, 1.807) is 18.9 Å². The summed E-state index contributed by atoms with van der Waals surface area (Å²) in [6, 6.07) is 13.1. The van der Waals surface area contributed by atoms with Crippen LogP contribution in [0.4, 0.5) is 10.5 Å². The predicted molar refractivity (Wildman–Crippen MR) is 96.5 cm³/mol. The molecule has 2 amide bonds. The quantitative estimate of drug-likeness (QED) is 0.906. The summed E-state index contributed by atoms with van der Waals surface area (Å²) in [7, 11) is 1.59. The van der Waals surface area contributed by atoms with Gasteiger partial charge in [-0.05, 0) is 29.8 Å². The number of rotatable bonds is 3. The monoisotopic (exact) mass is 358 g/mol. The van der Waals surface area contributed by atoms with E-state index in [1.807, 2.05) is 47.4 Å². The van der Waals surface area contributed by atoms with Crippen LogP contribution in [-0.4, -0.2) is 37.1 Å². The first-order valence-corrected chi connectivity index (χ1v) is 9.03. The predicted octanol–water partition coefficient (Wildman–Crippen LogP) is 3.70. The zero-order valence-corrected chi connectivity index (χ0v) is 14.5. The molecule has 2 aromatic rings. The number of fused-ring (bicyclic) bond motifs is 1. The highest BCUT2D eigenvalue weighted by molar-refractivity contribution is 7.99. The molecule has 6 nitrogen and oxygen atoms in total. The van der Waals surface area contributed by atoms with Crippen LogP contribution in [0.3, 0.4) is 0 Å². The fourth-order valence-electron chi connectivity index (χ4n) is 2.96. The largest absolute Gasteiger partial charge is 0.495 e. The molecule has 1 fully saturated rings. The maximum Gasteiger partial charge on any atom is 0.323 e. The molecule has 130 valence electrons. The van der Waals surface area contributed by atoms with Crippen molar-refractivity contribution in [2.24, 2.45) is 0 Å². The Balaban J connectivity index is 1.54. The molecule has 2 heterocycles. The number of benzene rings is 2. The van der Waals surface area contributed by atoms with E-state index in [0.29, 0.717) is 18.0 Å². The van der Waals surface area contributed by atoms with Gasteiger partial charge in [-0.3, -0.25) is 0 Å². The molecule has 0 spiro atoms. The Morgan fingerprint density at radius 2 is 2.08 bits per heavy atom. The Kier molecular flexibility index (Phi) is 4.31. The Bertz CT molecular complexity index is 798. The van der Waals surface area contributed by atoms with Crippen LogP contribution in [-0.2, 0) is 0 Å². The first-order chi connectivity index (χ1) is 12.3. The van der Waals surface area contributed by atoms with Crippen molar-refractivity contribution in [3.63, 3.8) is 0 Å². The minimum atomic E-state index is -0.142. The minimum absolute atomic E-state index is 0.0517. The SMILES string of the molecule is COc1ccccc1NC(=O)N1CCS[C@H]1c1ccc2c(c1)OCO2. The number of anilines is 1. The van der Waals surface area contributed by atoms with Gasteiger partial charge in [-0.1, -0.05) is 18.2 Å². The number of urea groups is 1. The van der Waals surface area contributed by atoms with Gasteiger partial charge in [0.1, 0.15) is 11.1 Å². The first kappa shape index (κ1) is 16.0. The van der Waals surface area contributed by atoms with Crippen molar-refractivity contribution in [3.05, 3.63) is 48.0 Å². The van der Waals surface area contributed by atoms with Crippen molar-refractivity contribution in [2.75, 3.05) is 31.5 Å². The zero-order chi connectivity index (χ0) is 17.2. The Hall–Kier alpha value is -2.54. The zero-order valence-electron chi connectivity index (χ0n) is 13.7. The maximum atomic E-state index is 12.8. The number of methoxy groups -OCH3 is 1. The van der Waals surface area contributed by atoms with E-state index in [9.17, 15) is 4.79 Å². The first-order valence-electron chi connectivity index (χ1n) is 7.98. The lowest BCUT2D eigenvalue weighted by Crippen LogP contribution is -2.34. The van der Waals surface area contributed by atoms with E-state index in [4.69, 9.17) is 14.2 Å². The van der Waals surface area contributed by atoms with Crippen molar-refractivity contribution in [1.82, 2.24) is 4.90 Å². The lowest BCUT2D eigenvalue weighted by Gasteiger charge is -2.25. The fourth-order valence-corrected chi connectivity index (χ4v) is 4.20. The van der Waals surface area contributed by atoms with Crippen LogP contribution in [0, 0.1) is 0 Å². The summed E-state index contributed by atoms with van der Waals surface area (Å²) < 4.78 is 16.1. The molecule has 0 saturated carbocycles. The molecule has 7 heteroatoms. The van der Waals surface area contributed by atoms with Crippen LogP contribution >= 0.6 is 11.8 Å². The lowest BCUT2D eigenvalue weighted by atomic mass is 10.2. The lowest BCUT2D eigenvalue weighted by molar-refractivity contribution is 0.174. The molecule has 0 unspecified atom stereocenters. The molecule has 0 aliphatic carbocycles. The normalized spacial score (nSPS) is 18.3. The third-order valence-corrected chi connectivity index (χ3v) is 5.44. The summed E-state index contributed by atoms with van der Waals surface area (Å²) in [5.41, 5.74) is 1.69. The average molecular weight is 358 g/mol.